The fourth-order valence-electron chi connectivity index (χ4n) is 7.25. The summed E-state index contributed by atoms with van der Waals surface area (Å²) in [5.41, 5.74) is -0.257. The highest BCUT2D eigenvalue weighted by Gasteiger charge is 2.55. The molecule has 3 fully saturated rings. The summed E-state index contributed by atoms with van der Waals surface area (Å²) in [4.78, 5) is 75.8. The van der Waals surface area contributed by atoms with Crippen molar-refractivity contribution in [2.45, 2.75) is 135 Å². The molecular formula is C37H52ClN5O6. The van der Waals surface area contributed by atoms with E-state index in [0.717, 1.165) is 44.1 Å². The van der Waals surface area contributed by atoms with Crippen LogP contribution in [0.15, 0.2) is 29.4 Å². The van der Waals surface area contributed by atoms with Gasteiger partial charge in [-0.1, -0.05) is 82.8 Å². The average Bonchev–Trinajstić information content (AvgIpc) is 3.63. The van der Waals surface area contributed by atoms with Crippen molar-refractivity contribution in [1.82, 2.24) is 20.9 Å². The van der Waals surface area contributed by atoms with Gasteiger partial charge in [0.2, 0.25) is 23.5 Å². The Labute approximate surface area is 294 Å². The summed E-state index contributed by atoms with van der Waals surface area (Å²) in [7, 11) is 0. The highest BCUT2D eigenvalue weighted by atomic mass is 35.5. The van der Waals surface area contributed by atoms with Crippen molar-refractivity contribution in [1.29, 1.82) is 0 Å². The van der Waals surface area contributed by atoms with E-state index in [1.807, 2.05) is 46.8 Å². The highest BCUT2D eigenvalue weighted by Crippen LogP contribution is 2.40. The van der Waals surface area contributed by atoms with Gasteiger partial charge in [-0.2, -0.15) is 0 Å². The number of nitrogens with zero attached hydrogens (tertiary/aromatic N) is 2. The lowest BCUT2D eigenvalue weighted by Gasteiger charge is -2.36. The van der Waals surface area contributed by atoms with Crippen LogP contribution in [-0.4, -0.2) is 76.3 Å². The monoisotopic (exact) mass is 697 g/mol. The number of Topliss-reactive ketones (excluding diaryl/α,β-unsaturated/α-hetero) is 1. The molecule has 4 aliphatic rings. The van der Waals surface area contributed by atoms with Crippen LogP contribution in [-0.2, 0) is 28.8 Å². The van der Waals surface area contributed by atoms with E-state index in [1.54, 1.807) is 12.1 Å². The van der Waals surface area contributed by atoms with E-state index in [1.165, 1.54) is 11.3 Å². The maximum Gasteiger partial charge on any atom is 0.289 e. The fraction of sp³-hybridized carbons (Fsp3) is 0.676. The van der Waals surface area contributed by atoms with Gasteiger partial charge >= 0.3 is 0 Å². The Morgan fingerprint density at radius 1 is 1.04 bits per heavy atom. The van der Waals surface area contributed by atoms with Crippen molar-refractivity contribution in [2.24, 2.45) is 22.4 Å². The van der Waals surface area contributed by atoms with Crippen LogP contribution in [0.4, 0.5) is 0 Å². The van der Waals surface area contributed by atoms with Crippen LogP contribution in [0.1, 0.15) is 111 Å². The van der Waals surface area contributed by atoms with Crippen LogP contribution >= 0.6 is 11.6 Å². The van der Waals surface area contributed by atoms with Gasteiger partial charge in [-0.25, -0.2) is 0 Å². The number of nitrogens with one attached hydrogen (secondary N) is 3. The van der Waals surface area contributed by atoms with Crippen LogP contribution in [0.2, 0.25) is 5.02 Å². The Hall–Kier alpha value is -3.47. The maximum absolute atomic E-state index is 14.6. The second-order valence-electron chi connectivity index (χ2n) is 16.1. The number of oxime groups is 1. The first-order valence-electron chi connectivity index (χ1n) is 17.9. The van der Waals surface area contributed by atoms with Crippen molar-refractivity contribution in [3.05, 3.63) is 34.9 Å². The third-order valence-corrected chi connectivity index (χ3v) is 10.3. The molecule has 3 N–H and O–H groups in total. The van der Waals surface area contributed by atoms with Gasteiger partial charge in [0.05, 0.1) is 18.3 Å². The zero-order chi connectivity index (χ0) is 35.5. The summed E-state index contributed by atoms with van der Waals surface area (Å²) in [6, 6.07) is 4.24. The Kier molecular flexibility index (Phi) is 11.4. The third-order valence-electron chi connectivity index (χ3n) is 10.1. The molecule has 0 unspecified atom stereocenters. The molecule has 0 radical (unpaired) electrons. The number of likely N-dealkylation sites (tertiary alicyclic amines) is 1. The number of benzene rings is 1. The first-order valence-corrected chi connectivity index (χ1v) is 18.3. The number of carbonyl (C=O) groups is 5. The number of hydrogen-bond donors (Lipinski definition) is 3. The quantitative estimate of drug-likeness (QED) is 0.271. The van der Waals surface area contributed by atoms with Crippen molar-refractivity contribution in [3.8, 4) is 0 Å². The lowest BCUT2D eigenvalue weighted by molar-refractivity contribution is -0.145. The molecule has 268 valence electrons. The van der Waals surface area contributed by atoms with Crippen molar-refractivity contribution in [3.63, 3.8) is 0 Å². The molecule has 49 heavy (non-hydrogen) atoms. The predicted molar refractivity (Wildman–Crippen MR) is 187 cm³/mol. The molecule has 2 saturated carbocycles. The Balaban J connectivity index is 1.39. The lowest BCUT2D eigenvalue weighted by Crippen LogP contribution is -2.59. The first kappa shape index (κ1) is 36.8. The van der Waals surface area contributed by atoms with Gasteiger partial charge in [-0.05, 0) is 61.5 Å². The van der Waals surface area contributed by atoms with Gasteiger partial charge in [0.15, 0.2) is 5.60 Å². The fourth-order valence-corrected chi connectivity index (χ4v) is 7.44. The zero-order valence-electron chi connectivity index (χ0n) is 29.5. The van der Waals surface area contributed by atoms with Crippen LogP contribution in [0, 0.1) is 17.3 Å². The number of carbonyl (C=O) groups excluding carboxylic acids is 5. The van der Waals surface area contributed by atoms with E-state index in [2.05, 4.69) is 21.1 Å². The Morgan fingerprint density at radius 3 is 2.39 bits per heavy atom. The predicted octanol–water partition coefficient (Wildman–Crippen LogP) is 4.68. The van der Waals surface area contributed by atoms with Crippen molar-refractivity contribution < 1.29 is 28.8 Å². The normalized spacial score (nSPS) is 23.9. The van der Waals surface area contributed by atoms with E-state index in [0.29, 0.717) is 29.5 Å². The summed E-state index contributed by atoms with van der Waals surface area (Å²) < 4.78 is 0. The molecule has 1 aromatic carbocycles. The first-order chi connectivity index (χ1) is 23.1. The van der Waals surface area contributed by atoms with E-state index in [4.69, 9.17) is 16.4 Å². The second-order valence-corrected chi connectivity index (χ2v) is 16.5. The zero-order valence-corrected chi connectivity index (χ0v) is 30.2. The van der Waals surface area contributed by atoms with Gasteiger partial charge in [-0.3, -0.25) is 24.0 Å². The topological polar surface area (TPSA) is 146 Å². The Morgan fingerprint density at radius 2 is 1.76 bits per heavy atom. The molecular weight excluding hydrogens is 646 g/mol. The van der Waals surface area contributed by atoms with E-state index in [9.17, 15) is 24.0 Å². The molecule has 4 amide bonds. The van der Waals surface area contributed by atoms with E-state index < -0.39 is 52.6 Å². The van der Waals surface area contributed by atoms with Crippen molar-refractivity contribution in [2.75, 3.05) is 6.54 Å². The summed E-state index contributed by atoms with van der Waals surface area (Å²) in [6.07, 6.45) is 8.10. The second kappa shape index (κ2) is 15.2. The minimum absolute atomic E-state index is 0.00657. The lowest BCUT2D eigenvalue weighted by atomic mass is 9.84. The van der Waals surface area contributed by atoms with Crippen LogP contribution in [0.5, 0.6) is 0 Å². The summed E-state index contributed by atoms with van der Waals surface area (Å²) in [6.45, 7) is 9.54. The standard InChI is InChI=1S/C37H52ClN5O6/c1-22(2)16-27(31(45)34(47)39-26-14-15-26)40-33(46)29-20-37(19-28(42-49-37)24-12-9-13-25(38)18-24)21-43(29)35(48)32(36(3,4)5)41-30(44)17-23-10-7-6-8-11-23/h9,12-13,18,22-23,26-27,29,32H,6-8,10-11,14-17,19-21H2,1-5H3,(H,39,47)(H,40,46)(H,41,44)/t27-,29-,32+,37+/m0/s1. The number of rotatable bonds is 12. The summed E-state index contributed by atoms with van der Waals surface area (Å²) in [5.74, 6) is -2.25. The number of halogens is 1. The largest absolute Gasteiger partial charge is 0.387 e. The van der Waals surface area contributed by atoms with Crippen molar-refractivity contribution >= 4 is 46.7 Å². The average molecular weight is 698 g/mol. The molecule has 2 heterocycles. The van der Waals surface area contributed by atoms with E-state index >= 15 is 0 Å². The molecule has 4 atom stereocenters. The maximum atomic E-state index is 14.6. The number of ketones is 1. The van der Waals surface area contributed by atoms with Crippen LogP contribution < -0.4 is 16.0 Å². The van der Waals surface area contributed by atoms with Gasteiger partial charge in [0.25, 0.3) is 5.91 Å². The summed E-state index contributed by atoms with van der Waals surface area (Å²) in [5, 5.41) is 13.5. The van der Waals surface area contributed by atoms with Crippen LogP contribution in [0.25, 0.3) is 0 Å². The smallest absolute Gasteiger partial charge is 0.289 e. The molecule has 2 aliphatic heterocycles. The van der Waals surface area contributed by atoms with Gasteiger partial charge < -0.3 is 25.7 Å². The van der Waals surface area contributed by atoms with Gasteiger partial charge in [-0.15, -0.1) is 0 Å². The minimum atomic E-state index is -1.06. The third kappa shape index (κ3) is 9.41. The molecule has 0 bridgehead atoms. The SMILES string of the molecule is CC(C)C[C@H](NC(=O)[C@@H]1C[C@]2(CC(c3cccc(Cl)c3)=NO2)CN1C(=O)[C@@H](NC(=O)CC1CCCCC1)C(C)(C)C)C(=O)C(=O)NC1CC1. The molecule has 1 aromatic rings. The number of hydrogen-bond acceptors (Lipinski definition) is 7. The Bertz CT molecular complexity index is 1460. The molecule has 2 aliphatic carbocycles. The van der Waals surface area contributed by atoms with Gasteiger partial charge in [0.1, 0.15) is 12.1 Å². The molecule has 1 saturated heterocycles. The van der Waals surface area contributed by atoms with Crippen LogP contribution in [0.3, 0.4) is 0 Å². The molecule has 12 heteroatoms. The summed E-state index contributed by atoms with van der Waals surface area (Å²) >= 11 is 6.26. The molecule has 11 nitrogen and oxygen atoms in total. The van der Waals surface area contributed by atoms with E-state index in [-0.39, 0.29) is 37.3 Å². The molecule has 5 rings (SSSR count). The number of amides is 4. The molecule has 0 aromatic heterocycles. The highest BCUT2D eigenvalue weighted by molar-refractivity contribution is 6.38. The van der Waals surface area contributed by atoms with Gasteiger partial charge in [0, 0.05) is 35.9 Å². The minimum Gasteiger partial charge on any atom is -0.387 e. The molecule has 1 spiro atoms.